The van der Waals surface area contributed by atoms with Gasteiger partial charge in [0, 0.05) is 24.9 Å². The Kier molecular flexibility index (Phi) is 3.42. The van der Waals surface area contributed by atoms with Crippen LogP contribution in [0.2, 0.25) is 0 Å². The second-order valence-corrected chi connectivity index (χ2v) is 4.29. The normalized spacial score (nSPS) is 25.5. The lowest BCUT2D eigenvalue weighted by Gasteiger charge is -2.40. The Morgan fingerprint density at radius 2 is 2.21 bits per heavy atom. The number of hydrogen-bond acceptors (Lipinski definition) is 3. The van der Waals surface area contributed by atoms with Gasteiger partial charge >= 0.3 is 0 Å². The molecular weight excluding hydrogens is 180 g/mol. The second kappa shape index (κ2) is 4.60. The van der Waals surface area contributed by atoms with Crippen molar-refractivity contribution in [3.8, 4) is 0 Å². The fourth-order valence-electron chi connectivity index (χ4n) is 1.70. The van der Waals surface area contributed by atoms with Gasteiger partial charge in [-0.25, -0.2) is 0 Å². The van der Waals surface area contributed by atoms with Crippen molar-refractivity contribution >= 4 is 0 Å². The Morgan fingerprint density at radius 3 is 2.64 bits per heavy atom. The minimum atomic E-state index is 0.325. The summed E-state index contributed by atoms with van der Waals surface area (Å²) < 4.78 is 16.1. The van der Waals surface area contributed by atoms with Crippen molar-refractivity contribution in [2.75, 3.05) is 33.0 Å². The molecule has 0 aliphatic carbocycles. The lowest BCUT2D eigenvalue weighted by molar-refractivity contribution is -0.151. The van der Waals surface area contributed by atoms with Gasteiger partial charge in [0.15, 0.2) is 0 Å². The molecule has 1 radical (unpaired) electrons. The van der Waals surface area contributed by atoms with Crippen LogP contribution in [-0.2, 0) is 14.2 Å². The fraction of sp³-hybridized carbons (Fsp3) is 0.909. The van der Waals surface area contributed by atoms with E-state index < -0.39 is 0 Å². The Bertz CT molecular complexity index is 168. The van der Waals surface area contributed by atoms with E-state index in [2.05, 4.69) is 6.92 Å². The van der Waals surface area contributed by atoms with Crippen LogP contribution < -0.4 is 0 Å². The molecule has 0 saturated carbocycles. The highest BCUT2D eigenvalue weighted by Gasteiger charge is 2.37. The molecule has 3 heteroatoms. The molecule has 0 atom stereocenters. The van der Waals surface area contributed by atoms with E-state index in [1.807, 2.05) is 0 Å². The molecular formula is C11H19O3. The summed E-state index contributed by atoms with van der Waals surface area (Å²) in [5.74, 6) is 0. The maximum atomic E-state index is 5.66. The van der Waals surface area contributed by atoms with Crippen LogP contribution in [0, 0.1) is 11.5 Å². The van der Waals surface area contributed by atoms with Gasteiger partial charge < -0.3 is 14.2 Å². The van der Waals surface area contributed by atoms with Crippen molar-refractivity contribution < 1.29 is 14.2 Å². The SMILES string of the molecule is CCC1(COCC[C]2CCO2)COC1. The van der Waals surface area contributed by atoms with Gasteiger partial charge in [0.1, 0.15) is 6.10 Å². The lowest BCUT2D eigenvalue weighted by atomic mass is 9.84. The van der Waals surface area contributed by atoms with Crippen LogP contribution in [0.25, 0.3) is 0 Å². The molecule has 0 aromatic rings. The topological polar surface area (TPSA) is 27.7 Å². The number of rotatable bonds is 6. The molecule has 81 valence electrons. The first kappa shape index (κ1) is 10.4. The molecule has 2 rings (SSSR count). The molecule has 14 heavy (non-hydrogen) atoms. The molecule has 0 spiro atoms. The van der Waals surface area contributed by atoms with Gasteiger partial charge in [0.2, 0.25) is 0 Å². The van der Waals surface area contributed by atoms with E-state index in [9.17, 15) is 0 Å². The molecule has 2 aliphatic rings. The van der Waals surface area contributed by atoms with E-state index in [0.717, 1.165) is 52.3 Å². The van der Waals surface area contributed by atoms with Crippen LogP contribution in [0.15, 0.2) is 0 Å². The maximum Gasteiger partial charge on any atom is 0.102 e. The first-order valence-electron chi connectivity index (χ1n) is 5.48. The highest BCUT2D eigenvalue weighted by atomic mass is 16.5. The smallest absolute Gasteiger partial charge is 0.102 e. The summed E-state index contributed by atoms with van der Waals surface area (Å²) in [6, 6.07) is 0. The Hall–Kier alpha value is -0.120. The quantitative estimate of drug-likeness (QED) is 0.610. The second-order valence-electron chi connectivity index (χ2n) is 4.29. The molecule has 2 fully saturated rings. The third kappa shape index (κ3) is 2.27. The monoisotopic (exact) mass is 199 g/mol. The fourth-order valence-corrected chi connectivity index (χ4v) is 1.70. The van der Waals surface area contributed by atoms with Crippen molar-refractivity contribution in [2.24, 2.45) is 5.41 Å². The zero-order valence-corrected chi connectivity index (χ0v) is 8.88. The van der Waals surface area contributed by atoms with Gasteiger partial charge in [0.25, 0.3) is 0 Å². The van der Waals surface area contributed by atoms with Crippen molar-refractivity contribution in [3.05, 3.63) is 6.10 Å². The van der Waals surface area contributed by atoms with Crippen LogP contribution in [0.5, 0.6) is 0 Å². The van der Waals surface area contributed by atoms with Gasteiger partial charge in [-0.15, -0.1) is 0 Å². The van der Waals surface area contributed by atoms with Crippen LogP contribution in [0.3, 0.4) is 0 Å². The Balaban J connectivity index is 1.53. The minimum Gasteiger partial charge on any atom is -0.381 e. The first-order valence-corrected chi connectivity index (χ1v) is 5.48. The van der Waals surface area contributed by atoms with E-state index in [-0.39, 0.29) is 0 Å². The summed E-state index contributed by atoms with van der Waals surface area (Å²) >= 11 is 0. The summed E-state index contributed by atoms with van der Waals surface area (Å²) in [6.45, 7) is 6.50. The molecule has 0 N–H and O–H groups in total. The van der Waals surface area contributed by atoms with E-state index in [4.69, 9.17) is 14.2 Å². The molecule has 0 amide bonds. The Labute approximate surface area is 85.7 Å². The average Bonchev–Trinajstić information content (AvgIpc) is 2.05. The summed E-state index contributed by atoms with van der Waals surface area (Å²) in [7, 11) is 0. The number of ether oxygens (including phenoxy) is 3. The zero-order valence-electron chi connectivity index (χ0n) is 8.88. The van der Waals surface area contributed by atoms with E-state index in [1.165, 1.54) is 6.10 Å². The third-order valence-electron chi connectivity index (χ3n) is 3.19. The molecule has 0 aromatic heterocycles. The van der Waals surface area contributed by atoms with E-state index in [0.29, 0.717) is 5.41 Å². The minimum absolute atomic E-state index is 0.325. The third-order valence-corrected chi connectivity index (χ3v) is 3.19. The highest BCUT2D eigenvalue weighted by molar-refractivity contribution is 4.86. The van der Waals surface area contributed by atoms with Crippen LogP contribution >= 0.6 is 0 Å². The predicted octanol–water partition coefficient (Wildman–Crippen LogP) is 1.77. The van der Waals surface area contributed by atoms with Gasteiger partial charge in [-0.3, -0.25) is 0 Å². The average molecular weight is 199 g/mol. The van der Waals surface area contributed by atoms with E-state index >= 15 is 0 Å². The summed E-state index contributed by atoms with van der Waals surface area (Å²) in [5.41, 5.74) is 0.325. The van der Waals surface area contributed by atoms with Gasteiger partial charge in [-0.1, -0.05) is 6.92 Å². The molecule has 0 aromatic carbocycles. The first-order chi connectivity index (χ1) is 6.85. The Morgan fingerprint density at radius 1 is 1.43 bits per heavy atom. The zero-order chi connectivity index (χ0) is 9.86. The van der Waals surface area contributed by atoms with Crippen molar-refractivity contribution in [1.29, 1.82) is 0 Å². The van der Waals surface area contributed by atoms with Gasteiger partial charge in [-0.2, -0.15) is 0 Å². The lowest BCUT2D eigenvalue weighted by Crippen LogP contribution is -2.45. The summed E-state index contributed by atoms with van der Waals surface area (Å²) in [5, 5.41) is 0. The largest absolute Gasteiger partial charge is 0.381 e. The predicted molar refractivity (Wildman–Crippen MR) is 52.8 cm³/mol. The molecule has 0 unspecified atom stereocenters. The van der Waals surface area contributed by atoms with Crippen molar-refractivity contribution in [3.63, 3.8) is 0 Å². The standard InChI is InChI=1S/C11H19O3/c1-2-11(8-13-9-11)7-12-5-3-10-4-6-14-10/h2-9H2,1H3. The molecule has 2 saturated heterocycles. The molecule has 0 bridgehead atoms. The van der Waals surface area contributed by atoms with Crippen molar-refractivity contribution in [1.82, 2.24) is 0 Å². The van der Waals surface area contributed by atoms with Gasteiger partial charge in [0.05, 0.1) is 26.4 Å². The molecule has 2 heterocycles. The maximum absolute atomic E-state index is 5.66. The molecule has 3 nitrogen and oxygen atoms in total. The van der Waals surface area contributed by atoms with Gasteiger partial charge in [-0.05, 0) is 6.42 Å². The van der Waals surface area contributed by atoms with Crippen molar-refractivity contribution in [2.45, 2.75) is 26.2 Å². The van der Waals surface area contributed by atoms with Crippen LogP contribution in [0.1, 0.15) is 26.2 Å². The molecule has 2 aliphatic heterocycles. The summed E-state index contributed by atoms with van der Waals surface area (Å²) in [6.07, 6.45) is 4.46. The summed E-state index contributed by atoms with van der Waals surface area (Å²) in [4.78, 5) is 0. The van der Waals surface area contributed by atoms with Crippen LogP contribution in [0.4, 0.5) is 0 Å². The van der Waals surface area contributed by atoms with Crippen LogP contribution in [-0.4, -0.2) is 33.0 Å². The highest BCUT2D eigenvalue weighted by Crippen LogP contribution is 2.31. The van der Waals surface area contributed by atoms with E-state index in [1.54, 1.807) is 0 Å². The number of hydrogen-bond donors (Lipinski definition) is 0.